The molecule has 0 radical (unpaired) electrons. The Labute approximate surface area is 108 Å². The zero-order valence-electron chi connectivity index (χ0n) is 10.8. The van der Waals surface area contributed by atoms with E-state index in [2.05, 4.69) is 23.9 Å². The molecule has 0 saturated carbocycles. The molecule has 3 nitrogen and oxygen atoms in total. The van der Waals surface area contributed by atoms with Crippen molar-refractivity contribution in [3.8, 4) is 0 Å². The van der Waals surface area contributed by atoms with E-state index in [9.17, 15) is 4.79 Å². The van der Waals surface area contributed by atoms with Crippen LogP contribution in [0.2, 0.25) is 0 Å². The molecule has 0 heterocycles. The first-order valence-electron chi connectivity index (χ1n) is 6.52. The van der Waals surface area contributed by atoms with Crippen molar-refractivity contribution in [2.24, 2.45) is 5.92 Å². The average Bonchev–Trinajstić information content (AvgIpc) is 2.39. The number of carbonyl (C=O) groups is 1. The summed E-state index contributed by atoms with van der Waals surface area (Å²) in [7, 11) is 0. The summed E-state index contributed by atoms with van der Waals surface area (Å²) < 4.78 is 0. The first-order valence-corrected chi connectivity index (χ1v) is 6.52. The van der Waals surface area contributed by atoms with Gasteiger partial charge in [0.05, 0.1) is 6.42 Å². The predicted molar refractivity (Wildman–Crippen MR) is 72.5 cm³/mol. The van der Waals surface area contributed by atoms with Gasteiger partial charge in [0.1, 0.15) is 0 Å². The molecule has 1 amide bonds. The largest absolute Gasteiger partial charge is 0.303 e. The number of benzene rings is 1. The third kappa shape index (κ3) is 3.91. The quantitative estimate of drug-likeness (QED) is 0.799. The van der Waals surface area contributed by atoms with Gasteiger partial charge < -0.3 is 5.43 Å². The zero-order valence-corrected chi connectivity index (χ0v) is 10.8. The van der Waals surface area contributed by atoms with Gasteiger partial charge in [0.15, 0.2) is 0 Å². The molecule has 0 spiro atoms. The third-order valence-electron chi connectivity index (χ3n) is 3.24. The molecule has 0 aliphatic heterocycles. The predicted octanol–water partition coefficient (Wildman–Crippen LogP) is 2.55. The van der Waals surface area contributed by atoms with Crippen molar-refractivity contribution < 1.29 is 4.79 Å². The highest BCUT2D eigenvalue weighted by molar-refractivity contribution is 5.78. The van der Waals surface area contributed by atoms with Gasteiger partial charge in [0.25, 0.3) is 0 Å². The number of hydrazine groups is 1. The van der Waals surface area contributed by atoms with Gasteiger partial charge in [0, 0.05) is 5.70 Å². The van der Waals surface area contributed by atoms with E-state index in [-0.39, 0.29) is 5.91 Å². The van der Waals surface area contributed by atoms with E-state index in [4.69, 9.17) is 0 Å². The maximum atomic E-state index is 11.7. The van der Waals surface area contributed by atoms with Crippen LogP contribution in [0.5, 0.6) is 0 Å². The number of hydrogen-bond acceptors (Lipinski definition) is 2. The van der Waals surface area contributed by atoms with Gasteiger partial charge in [-0.2, -0.15) is 0 Å². The molecule has 1 aliphatic carbocycles. The SMILES string of the molecule is CC1CC=C(NNC(=O)Cc2ccccc2)CC1. The number of hydrogen-bond donors (Lipinski definition) is 2. The highest BCUT2D eigenvalue weighted by Crippen LogP contribution is 2.20. The van der Waals surface area contributed by atoms with Crippen LogP contribution in [0, 0.1) is 5.92 Å². The molecule has 1 aromatic rings. The van der Waals surface area contributed by atoms with E-state index in [0.717, 1.165) is 30.0 Å². The molecule has 2 rings (SSSR count). The van der Waals surface area contributed by atoms with Crippen LogP contribution in [-0.4, -0.2) is 5.91 Å². The number of carbonyl (C=O) groups excluding carboxylic acids is 1. The lowest BCUT2D eigenvalue weighted by Crippen LogP contribution is -2.38. The zero-order chi connectivity index (χ0) is 12.8. The maximum absolute atomic E-state index is 11.7. The fourth-order valence-electron chi connectivity index (χ4n) is 2.05. The monoisotopic (exact) mass is 244 g/mol. The molecule has 1 aliphatic rings. The molecule has 96 valence electrons. The van der Waals surface area contributed by atoms with Crippen molar-refractivity contribution in [3.05, 3.63) is 47.7 Å². The molecule has 1 atom stereocenters. The van der Waals surface area contributed by atoms with Crippen LogP contribution in [-0.2, 0) is 11.2 Å². The number of allylic oxidation sites excluding steroid dienone is 2. The summed E-state index contributed by atoms with van der Waals surface area (Å²) >= 11 is 0. The lowest BCUT2D eigenvalue weighted by Gasteiger charge is -2.19. The van der Waals surface area contributed by atoms with Crippen LogP contribution in [0.15, 0.2) is 42.1 Å². The van der Waals surface area contributed by atoms with Crippen LogP contribution >= 0.6 is 0 Å². The van der Waals surface area contributed by atoms with Gasteiger partial charge in [-0.25, -0.2) is 0 Å². The second kappa shape index (κ2) is 6.24. The molecular formula is C15H20N2O. The summed E-state index contributed by atoms with van der Waals surface area (Å²) in [6.45, 7) is 2.25. The van der Waals surface area contributed by atoms with Gasteiger partial charge in [-0.15, -0.1) is 0 Å². The van der Waals surface area contributed by atoms with Crippen molar-refractivity contribution in [2.45, 2.75) is 32.6 Å². The second-order valence-corrected chi connectivity index (χ2v) is 4.94. The van der Waals surface area contributed by atoms with Crippen LogP contribution < -0.4 is 10.9 Å². The highest BCUT2D eigenvalue weighted by Gasteiger charge is 2.10. The van der Waals surface area contributed by atoms with Crippen molar-refractivity contribution in [3.63, 3.8) is 0 Å². The summed E-state index contributed by atoms with van der Waals surface area (Å²) in [5, 5.41) is 0. The van der Waals surface area contributed by atoms with Gasteiger partial charge in [-0.1, -0.05) is 43.3 Å². The minimum Gasteiger partial charge on any atom is -0.303 e. The van der Waals surface area contributed by atoms with Crippen LogP contribution in [0.1, 0.15) is 31.7 Å². The Hall–Kier alpha value is -1.77. The molecule has 18 heavy (non-hydrogen) atoms. The molecule has 2 N–H and O–H groups in total. The minimum absolute atomic E-state index is 0.000668. The number of rotatable bonds is 4. The summed E-state index contributed by atoms with van der Waals surface area (Å²) in [5.74, 6) is 0.760. The lowest BCUT2D eigenvalue weighted by atomic mass is 9.95. The molecule has 0 fully saturated rings. The average molecular weight is 244 g/mol. The number of nitrogens with one attached hydrogen (secondary N) is 2. The Morgan fingerprint density at radius 2 is 2.11 bits per heavy atom. The highest BCUT2D eigenvalue weighted by atomic mass is 16.2. The van der Waals surface area contributed by atoms with Crippen LogP contribution in [0.25, 0.3) is 0 Å². The fourth-order valence-corrected chi connectivity index (χ4v) is 2.05. The standard InChI is InChI=1S/C15H20N2O/c1-12-7-9-14(10-8-12)16-17-15(18)11-13-5-3-2-4-6-13/h2-6,9,12,16H,7-8,10-11H2,1H3,(H,17,18). The third-order valence-corrected chi connectivity index (χ3v) is 3.24. The lowest BCUT2D eigenvalue weighted by molar-refractivity contribution is -0.121. The second-order valence-electron chi connectivity index (χ2n) is 4.94. The molecule has 1 aromatic carbocycles. The Morgan fingerprint density at radius 3 is 2.78 bits per heavy atom. The van der Waals surface area contributed by atoms with E-state index in [1.54, 1.807) is 0 Å². The molecular weight excluding hydrogens is 224 g/mol. The van der Waals surface area contributed by atoms with Gasteiger partial charge in [0.2, 0.25) is 5.91 Å². The molecule has 3 heteroatoms. The van der Waals surface area contributed by atoms with Gasteiger partial charge >= 0.3 is 0 Å². The first-order chi connectivity index (χ1) is 8.74. The smallest absolute Gasteiger partial charge is 0.242 e. The summed E-state index contributed by atoms with van der Waals surface area (Å²) in [4.78, 5) is 11.7. The van der Waals surface area contributed by atoms with Crippen molar-refractivity contribution >= 4 is 5.91 Å². The Morgan fingerprint density at radius 1 is 1.33 bits per heavy atom. The topological polar surface area (TPSA) is 41.1 Å². The fraction of sp³-hybridized carbons (Fsp3) is 0.400. The molecule has 0 saturated heterocycles. The van der Waals surface area contributed by atoms with E-state index in [1.807, 2.05) is 30.3 Å². The molecule has 0 bridgehead atoms. The first kappa shape index (κ1) is 12.7. The molecule has 0 aromatic heterocycles. The minimum atomic E-state index is 0.000668. The van der Waals surface area contributed by atoms with E-state index >= 15 is 0 Å². The summed E-state index contributed by atoms with van der Waals surface area (Å²) in [6.07, 6.45) is 5.89. The van der Waals surface area contributed by atoms with E-state index in [0.29, 0.717) is 6.42 Å². The summed E-state index contributed by atoms with van der Waals surface area (Å²) in [6, 6.07) is 9.76. The van der Waals surface area contributed by atoms with Crippen molar-refractivity contribution in [1.29, 1.82) is 0 Å². The van der Waals surface area contributed by atoms with E-state index in [1.165, 1.54) is 6.42 Å². The van der Waals surface area contributed by atoms with Gasteiger partial charge in [-0.3, -0.25) is 10.2 Å². The normalized spacial score (nSPS) is 18.9. The number of amides is 1. The van der Waals surface area contributed by atoms with E-state index < -0.39 is 0 Å². The van der Waals surface area contributed by atoms with Crippen LogP contribution in [0.3, 0.4) is 0 Å². The Kier molecular flexibility index (Phi) is 4.40. The van der Waals surface area contributed by atoms with Crippen molar-refractivity contribution in [2.75, 3.05) is 0 Å². The van der Waals surface area contributed by atoms with Crippen LogP contribution in [0.4, 0.5) is 0 Å². The Balaban J connectivity index is 1.75. The maximum Gasteiger partial charge on any atom is 0.242 e. The summed E-state index contributed by atoms with van der Waals surface area (Å²) in [5.41, 5.74) is 7.95. The van der Waals surface area contributed by atoms with Crippen molar-refractivity contribution in [1.82, 2.24) is 10.9 Å². The van der Waals surface area contributed by atoms with Gasteiger partial charge in [-0.05, 0) is 30.7 Å². The Bertz CT molecular complexity index is 425. The molecule has 1 unspecified atom stereocenters.